The summed E-state index contributed by atoms with van der Waals surface area (Å²) in [5, 5.41) is 0. The van der Waals surface area contributed by atoms with Gasteiger partial charge in [-0.15, -0.1) is 0 Å². The second kappa shape index (κ2) is 10.6. The number of hydrogen-bond acceptors (Lipinski definition) is 6. The SMILES string of the molecule is O=C([O][Al]([O]C(=O)C1C=CCCC1)[O]C(=O)C1C=CCCC1)C1C=CCCC1. The van der Waals surface area contributed by atoms with Crippen LogP contribution in [0.25, 0.3) is 0 Å². The lowest BCUT2D eigenvalue weighted by Gasteiger charge is -2.22. The van der Waals surface area contributed by atoms with Crippen LogP contribution in [-0.4, -0.2) is 33.1 Å². The minimum Gasteiger partial charge on any atom is -0.550 e. The van der Waals surface area contributed by atoms with Crippen LogP contribution in [0, 0.1) is 17.8 Å². The van der Waals surface area contributed by atoms with Crippen molar-refractivity contribution < 1.29 is 25.7 Å². The lowest BCUT2D eigenvalue weighted by atomic mass is 9.96. The third-order valence-electron chi connectivity index (χ3n) is 5.31. The van der Waals surface area contributed by atoms with Crippen LogP contribution in [0.1, 0.15) is 57.8 Å². The van der Waals surface area contributed by atoms with E-state index in [2.05, 4.69) is 0 Å². The topological polar surface area (TPSA) is 78.9 Å². The molecule has 0 amide bonds. The second-order valence-electron chi connectivity index (χ2n) is 7.50. The van der Waals surface area contributed by atoms with Crippen molar-refractivity contribution in [2.45, 2.75) is 57.8 Å². The summed E-state index contributed by atoms with van der Waals surface area (Å²) in [7, 11) is 0. The van der Waals surface area contributed by atoms with E-state index in [1.165, 1.54) is 0 Å². The Morgan fingerprint density at radius 3 is 1.18 bits per heavy atom. The van der Waals surface area contributed by atoms with Gasteiger partial charge in [0.1, 0.15) is 0 Å². The molecule has 28 heavy (non-hydrogen) atoms. The molecule has 0 aromatic carbocycles. The van der Waals surface area contributed by atoms with E-state index in [1.807, 2.05) is 36.5 Å². The summed E-state index contributed by atoms with van der Waals surface area (Å²) in [6, 6.07) is 0. The number of allylic oxidation sites excluding steroid dienone is 3. The molecule has 3 atom stereocenters. The standard InChI is InChI=1S/3C7H10O2.Al/c3*8-7(9)6-4-2-1-3-5-6;/h3*2,4,6H,1,3,5H2,(H,8,9);/q;;;+3/p-3. The van der Waals surface area contributed by atoms with Crippen molar-refractivity contribution in [3.8, 4) is 0 Å². The highest BCUT2D eigenvalue weighted by Gasteiger charge is 2.51. The van der Waals surface area contributed by atoms with Crippen LogP contribution < -0.4 is 0 Å². The monoisotopic (exact) mass is 402 g/mol. The number of rotatable bonds is 6. The van der Waals surface area contributed by atoms with Gasteiger partial charge in [0.25, 0.3) is 17.9 Å². The minimum atomic E-state index is -3.27. The average molecular weight is 402 g/mol. The van der Waals surface area contributed by atoms with E-state index in [-0.39, 0.29) is 17.8 Å². The number of carbonyl (C=O) groups excluding carboxylic acids is 3. The molecule has 3 aliphatic rings. The van der Waals surface area contributed by atoms with Crippen LogP contribution >= 0.6 is 0 Å². The predicted molar refractivity (Wildman–Crippen MR) is 103 cm³/mol. The summed E-state index contributed by atoms with van der Waals surface area (Å²) >= 11 is -3.27. The van der Waals surface area contributed by atoms with E-state index in [0.29, 0.717) is 19.3 Å². The van der Waals surface area contributed by atoms with E-state index in [9.17, 15) is 14.4 Å². The molecule has 0 heterocycles. The first-order chi connectivity index (χ1) is 13.6. The molecule has 0 aromatic heterocycles. The van der Waals surface area contributed by atoms with Crippen molar-refractivity contribution in [1.82, 2.24) is 0 Å². The van der Waals surface area contributed by atoms with Crippen LogP contribution in [0.4, 0.5) is 0 Å². The van der Waals surface area contributed by atoms with Crippen LogP contribution in [0.2, 0.25) is 0 Å². The highest BCUT2D eigenvalue weighted by atomic mass is 27.3. The molecule has 3 aliphatic carbocycles. The zero-order valence-corrected chi connectivity index (χ0v) is 17.2. The first kappa shape index (κ1) is 20.9. The third-order valence-corrected chi connectivity index (χ3v) is 6.58. The fourth-order valence-corrected chi connectivity index (χ4v) is 4.88. The van der Waals surface area contributed by atoms with Crippen molar-refractivity contribution >= 4 is 33.1 Å². The zero-order chi connectivity index (χ0) is 19.8. The van der Waals surface area contributed by atoms with Gasteiger partial charge >= 0.3 is 15.1 Å². The Hall–Kier alpha value is -1.84. The Bertz CT molecular complexity index is 577. The van der Waals surface area contributed by atoms with Gasteiger partial charge in [0.15, 0.2) is 0 Å². The van der Waals surface area contributed by atoms with Crippen LogP contribution in [0.5, 0.6) is 0 Å². The molecule has 0 fully saturated rings. The van der Waals surface area contributed by atoms with Gasteiger partial charge in [0, 0.05) is 0 Å². The van der Waals surface area contributed by atoms with Gasteiger partial charge in [0.2, 0.25) is 0 Å². The molecule has 0 saturated heterocycles. The molecule has 3 rings (SSSR count). The molecular weight excluding hydrogens is 375 g/mol. The first-order valence-corrected chi connectivity index (χ1v) is 11.7. The zero-order valence-electron chi connectivity index (χ0n) is 16.1. The fourth-order valence-electron chi connectivity index (χ4n) is 3.65. The minimum absolute atomic E-state index is 0.370. The second-order valence-corrected chi connectivity index (χ2v) is 8.78. The van der Waals surface area contributed by atoms with Gasteiger partial charge in [-0.3, -0.25) is 14.4 Å². The van der Waals surface area contributed by atoms with Crippen LogP contribution in [0.3, 0.4) is 0 Å². The molecule has 0 saturated carbocycles. The smallest absolute Gasteiger partial charge is 0.550 e. The molecule has 7 heteroatoms. The summed E-state index contributed by atoms with van der Waals surface area (Å²) in [6.07, 6.45) is 18.9. The van der Waals surface area contributed by atoms with Gasteiger partial charge in [-0.2, -0.15) is 0 Å². The molecule has 0 bridgehead atoms. The number of carbonyl (C=O) groups is 3. The van der Waals surface area contributed by atoms with Crippen molar-refractivity contribution in [3.63, 3.8) is 0 Å². The quantitative estimate of drug-likeness (QED) is 0.498. The molecule has 150 valence electrons. The van der Waals surface area contributed by atoms with E-state index in [0.717, 1.165) is 38.5 Å². The summed E-state index contributed by atoms with van der Waals surface area (Å²) in [5.41, 5.74) is 0. The molecule has 0 aromatic rings. The summed E-state index contributed by atoms with van der Waals surface area (Å²) in [5.74, 6) is -2.55. The van der Waals surface area contributed by atoms with E-state index >= 15 is 0 Å². The third kappa shape index (κ3) is 6.08. The fraction of sp³-hybridized carbons (Fsp3) is 0.571. The van der Waals surface area contributed by atoms with Gasteiger partial charge in [-0.25, -0.2) is 0 Å². The first-order valence-electron chi connectivity index (χ1n) is 10.2. The van der Waals surface area contributed by atoms with Crippen molar-refractivity contribution in [2.24, 2.45) is 17.8 Å². The van der Waals surface area contributed by atoms with Gasteiger partial charge in [-0.05, 0) is 57.8 Å². The Morgan fingerprint density at radius 2 is 0.929 bits per heavy atom. The van der Waals surface area contributed by atoms with Gasteiger partial charge in [-0.1, -0.05) is 36.5 Å². The van der Waals surface area contributed by atoms with Crippen molar-refractivity contribution in [2.75, 3.05) is 0 Å². The molecule has 0 spiro atoms. The summed E-state index contributed by atoms with van der Waals surface area (Å²) < 4.78 is 16.3. The van der Waals surface area contributed by atoms with Crippen LogP contribution in [0.15, 0.2) is 36.5 Å². The highest BCUT2D eigenvalue weighted by Crippen LogP contribution is 2.23. The van der Waals surface area contributed by atoms with E-state index in [4.69, 9.17) is 11.4 Å². The van der Waals surface area contributed by atoms with Crippen molar-refractivity contribution in [1.29, 1.82) is 0 Å². The average Bonchev–Trinajstić information content (AvgIpc) is 2.75. The van der Waals surface area contributed by atoms with Crippen molar-refractivity contribution in [3.05, 3.63) is 36.5 Å². The molecule has 0 radical (unpaired) electrons. The Kier molecular flexibility index (Phi) is 7.93. The number of hydrogen-bond donors (Lipinski definition) is 0. The summed E-state index contributed by atoms with van der Waals surface area (Å²) in [6.45, 7) is 0. The Morgan fingerprint density at radius 1 is 0.607 bits per heavy atom. The van der Waals surface area contributed by atoms with Crippen LogP contribution in [-0.2, 0) is 25.7 Å². The molecule has 0 N–H and O–H groups in total. The predicted octanol–water partition coefficient (Wildman–Crippen LogP) is 3.67. The molecule has 3 unspecified atom stereocenters. The molecule has 0 aliphatic heterocycles. The lowest BCUT2D eigenvalue weighted by molar-refractivity contribution is -0.151. The Labute approximate surface area is 171 Å². The maximum Gasteiger partial charge on any atom is 1.20 e. The molecular formula is C21H27AlO6. The Balaban J connectivity index is 1.64. The van der Waals surface area contributed by atoms with Gasteiger partial charge in [0.05, 0.1) is 17.8 Å². The highest BCUT2D eigenvalue weighted by molar-refractivity contribution is 6.44. The van der Waals surface area contributed by atoms with E-state index < -0.39 is 33.1 Å². The maximum absolute atomic E-state index is 12.5. The largest absolute Gasteiger partial charge is 1.20 e. The maximum atomic E-state index is 12.5. The summed E-state index contributed by atoms with van der Waals surface area (Å²) in [4.78, 5) is 37.4. The lowest BCUT2D eigenvalue weighted by Crippen LogP contribution is -2.39. The van der Waals surface area contributed by atoms with E-state index in [1.54, 1.807) is 0 Å². The normalized spacial score (nSPS) is 26.4. The molecule has 6 nitrogen and oxygen atoms in total. The van der Waals surface area contributed by atoms with Gasteiger partial charge < -0.3 is 11.4 Å².